The van der Waals surface area contributed by atoms with E-state index in [1.807, 2.05) is 30.0 Å². The number of aryl methyl sites for hydroxylation is 1. The van der Waals surface area contributed by atoms with Gasteiger partial charge in [0, 0.05) is 36.7 Å². The van der Waals surface area contributed by atoms with Crippen LogP contribution < -0.4 is 5.32 Å². The average Bonchev–Trinajstić information content (AvgIpc) is 3.23. The first-order valence-corrected chi connectivity index (χ1v) is 10.8. The lowest BCUT2D eigenvalue weighted by Crippen LogP contribution is -2.39. The number of thiazole rings is 1. The number of carbonyl (C=O) groups excluding carboxylic acids is 1. The molecule has 1 saturated heterocycles. The molecule has 144 valence electrons. The first-order chi connectivity index (χ1) is 13.0. The van der Waals surface area contributed by atoms with Crippen LogP contribution in [0.1, 0.15) is 28.9 Å². The molecule has 1 fully saturated rings. The van der Waals surface area contributed by atoms with E-state index in [4.69, 9.17) is 16.7 Å². The number of rotatable bonds is 8. The van der Waals surface area contributed by atoms with Gasteiger partial charge in [-0.25, -0.2) is 9.78 Å². The maximum atomic E-state index is 12.2. The Balaban J connectivity index is 1.53. The summed E-state index contributed by atoms with van der Waals surface area (Å²) in [4.78, 5) is 29.1. The Labute approximate surface area is 170 Å². The maximum absolute atomic E-state index is 12.2. The second kappa shape index (κ2) is 8.95. The number of para-hydroxylation sites is 1. The predicted octanol–water partition coefficient (Wildman–Crippen LogP) is 4.00. The molecule has 2 N–H and O–H groups in total. The molecule has 1 atom stereocenters. The first kappa shape index (κ1) is 20.0. The Morgan fingerprint density at radius 2 is 2.33 bits per heavy atom. The molecule has 2 aromatic rings. The summed E-state index contributed by atoms with van der Waals surface area (Å²) in [6.45, 7) is 3.27. The molecule has 0 saturated carbocycles. The van der Waals surface area contributed by atoms with Crippen molar-refractivity contribution in [2.75, 3.05) is 24.2 Å². The highest BCUT2D eigenvalue weighted by molar-refractivity contribution is 8.01. The zero-order valence-corrected chi connectivity index (χ0v) is 17.2. The summed E-state index contributed by atoms with van der Waals surface area (Å²) in [7, 11) is 0. The number of hydrogen-bond acceptors (Lipinski definition) is 6. The molecule has 1 aliphatic rings. The van der Waals surface area contributed by atoms with Gasteiger partial charge in [-0.15, -0.1) is 11.3 Å². The number of thioether (sulfide) groups is 1. The van der Waals surface area contributed by atoms with E-state index in [0.717, 1.165) is 17.7 Å². The van der Waals surface area contributed by atoms with Crippen molar-refractivity contribution in [3.8, 4) is 0 Å². The summed E-state index contributed by atoms with van der Waals surface area (Å²) in [6.07, 6.45) is 1.37. The van der Waals surface area contributed by atoms with E-state index in [9.17, 15) is 9.59 Å². The van der Waals surface area contributed by atoms with Crippen molar-refractivity contribution in [1.82, 2.24) is 9.88 Å². The van der Waals surface area contributed by atoms with Crippen LogP contribution in [0.2, 0.25) is 5.02 Å². The molecular formula is C18H20ClN3O3S2. The van der Waals surface area contributed by atoms with Crippen molar-refractivity contribution in [3.63, 3.8) is 0 Å². The Hall–Kier alpha value is -1.77. The van der Waals surface area contributed by atoms with Crippen LogP contribution in [0.5, 0.6) is 0 Å². The van der Waals surface area contributed by atoms with Crippen molar-refractivity contribution in [3.05, 3.63) is 39.9 Å². The van der Waals surface area contributed by atoms with Crippen molar-refractivity contribution >= 4 is 52.3 Å². The minimum absolute atomic E-state index is 0.0666. The van der Waals surface area contributed by atoms with Gasteiger partial charge in [0.15, 0.2) is 10.0 Å². The second-order valence-electron chi connectivity index (χ2n) is 6.24. The van der Waals surface area contributed by atoms with Crippen molar-refractivity contribution in [2.45, 2.75) is 30.1 Å². The fraction of sp³-hybridized carbons (Fsp3) is 0.389. The smallest absolute Gasteiger partial charge is 0.355 e. The van der Waals surface area contributed by atoms with E-state index in [1.165, 1.54) is 28.5 Å². The Kier molecular flexibility index (Phi) is 6.62. The summed E-state index contributed by atoms with van der Waals surface area (Å²) in [5, 5.41) is 14.5. The standard InChI is InChI=1S/C18H20ClN3O3S2/c1-11-3-2-4-13(19)16(11)20-9-12-5-6-15(23)22(12)7-8-26-18-21-14(10-27-18)17(24)25/h2-4,10,12,20H,5-9H2,1H3,(H,24,25)/t12-/m1/s1. The highest BCUT2D eigenvalue weighted by atomic mass is 35.5. The van der Waals surface area contributed by atoms with Gasteiger partial charge in [0.25, 0.3) is 0 Å². The summed E-state index contributed by atoms with van der Waals surface area (Å²) >= 11 is 9.05. The van der Waals surface area contributed by atoms with Crippen LogP contribution in [-0.2, 0) is 4.79 Å². The number of carboxylic acids is 1. The normalized spacial score (nSPS) is 16.7. The SMILES string of the molecule is Cc1cccc(Cl)c1NC[C@H]1CCC(=O)N1CCSc1nc(C(=O)O)cs1. The Bertz CT molecular complexity index is 823. The van der Waals surface area contributed by atoms with Gasteiger partial charge >= 0.3 is 5.97 Å². The van der Waals surface area contributed by atoms with Crippen molar-refractivity contribution in [1.29, 1.82) is 0 Å². The zero-order chi connectivity index (χ0) is 19.4. The second-order valence-corrected chi connectivity index (χ2v) is 8.85. The van der Waals surface area contributed by atoms with Gasteiger partial charge in [0.05, 0.1) is 10.7 Å². The summed E-state index contributed by atoms with van der Waals surface area (Å²) in [5.41, 5.74) is 2.06. The van der Waals surface area contributed by atoms with Gasteiger partial charge in [-0.3, -0.25) is 4.79 Å². The quantitative estimate of drug-likeness (QED) is 0.622. The molecule has 2 heterocycles. The van der Waals surface area contributed by atoms with Gasteiger partial charge in [-0.1, -0.05) is 35.5 Å². The molecule has 6 nitrogen and oxygen atoms in total. The Morgan fingerprint density at radius 1 is 1.52 bits per heavy atom. The molecule has 0 bridgehead atoms. The molecule has 0 spiro atoms. The molecule has 27 heavy (non-hydrogen) atoms. The summed E-state index contributed by atoms with van der Waals surface area (Å²) < 4.78 is 0.709. The molecule has 1 aliphatic heterocycles. The summed E-state index contributed by atoms with van der Waals surface area (Å²) in [5.74, 6) is -0.183. The monoisotopic (exact) mass is 425 g/mol. The number of anilines is 1. The predicted molar refractivity (Wildman–Crippen MR) is 109 cm³/mol. The largest absolute Gasteiger partial charge is 0.476 e. The number of nitrogens with zero attached hydrogens (tertiary/aromatic N) is 2. The van der Waals surface area contributed by atoms with Crippen molar-refractivity contribution in [2.24, 2.45) is 0 Å². The van der Waals surface area contributed by atoms with Crippen LogP contribution in [0.4, 0.5) is 5.69 Å². The number of halogens is 1. The number of amides is 1. The third kappa shape index (κ3) is 4.94. The van der Waals surface area contributed by atoms with E-state index in [1.54, 1.807) is 0 Å². The van der Waals surface area contributed by atoms with E-state index in [0.29, 0.717) is 34.6 Å². The number of nitrogens with one attached hydrogen (secondary N) is 1. The van der Waals surface area contributed by atoms with Crippen LogP contribution in [0.15, 0.2) is 27.9 Å². The number of aromatic nitrogens is 1. The van der Waals surface area contributed by atoms with Crippen LogP contribution in [0.25, 0.3) is 0 Å². The first-order valence-electron chi connectivity index (χ1n) is 8.56. The fourth-order valence-electron chi connectivity index (χ4n) is 3.04. The molecule has 1 aromatic carbocycles. The van der Waals surface area contributed by atoms with Crippen LogP contribution >= 0.6 is 34.7 Å². The lowest BCUT2D eigenvalue weighted by atomic mass is 10.1. The highest BCUT2D eigenvalue weighted by Crippen LogP contribution is 2.28. The lowest BCUT2D eigenvalue weighted by molar-refractivity contribution is -0.128. The number of aromatic carboxylic acids is 1. The van der Waals surface area contributed by atoms with Gasteiger partial charge in [0.2, 0.25) is 5.91 Å². The molecule has 0 aliphatic carbocycles. The average molecular weight is 426 g/mol. The van der Waals surface area contributed by atoms with Gasteiger partial charge in [0.1, 0.15) is 0 Å². The molecule has 1 aromatic heterocycles. The lowest BCUT2D eigenvalue weighted by Gasteiger charge is -2.25. The topological polar surface area (TPSA) is 82.5 Å². The van der Waals surface area contributed by atoms with Gasteiger partial charge in [-0.05, 0) is 25.0 Å². The number of likely N-dealkylation sites (tertiary alicyclic amines) is 1. The number of carboxylic acid groups (broad SMARTS) is 1. The van der Waals surface area contributed by atoms with E-state index < -0.39 is 5.97 Å². The third-order valence-electron chi connectivity index (χ3n) is 4.45. The molecule has 0 radical (unpaired) electrons. The molecular weight excluding hydrogens is 406 g/mol. The molecule has 3 rings (SSSR count). The van der Waals surface area contributed by atoms with Crippen LogP contribution in [0, 0.1) is 6.92 Å². The van der Waals surface area contributed by atoms with Gasteiger partial charge < -0.3 is 15.3 Å². The maximum Gasteiger partial charge on any atom is 0.355 e. The fourth-order valence-corrected chi connectivity index (χ4v) is 5.14. The zero-order valence-electron chi connectivity index (χ0n) is 14.8. The van der Waals surface area contributed by atoms with Crippen molar-refractivity contribution < 1.29 is 14.7 Å². The number of carbonyl (C=O) groups is 2. The minimum atomic E-state index is -1.02. The number of hydrogen-bond donors (Lipinski definition) is 2. The van der Waals surface area contributed by atoms with E-state index in [2.05, 4.69) is 10.3 Å². The molecule has 1 amide bonds. The van der Waals surface area contributed by atoms with Crippen LogP contribution in [0.3, 0.4) is 0 Å². The molecule has 9 heteroatoms. The molecule has 0 unspecified atom stereocenters. The van der Waals surface area contributed by atoms with E-state index in [-0.39, 0.29) is 17.6 Å². The third-order valence-corrected chi connectivity index (χ3v) is 6.77. The van der Waals surface area contributed by atoms with Crippen LogP contribution in [-0.4, -0.2) is 51.8 Å². The van der Waals surface area contributed by atoms with Gasteiger partial charge in [-0.2, -0.15) is 0 Å². The minimum Gasteiger partial charge on any atom is -0.476 e. The number of benzene rings is 1. The van der Waals surface area contributed by atoms with E-state index >= 15 is 0 Å². The highest BCUT2D eigenvalue weighted by Gasteiger charge is 2.30. The summed E-state index contributed by atoms with van der Waals surface area (Å²) in [6, 6.07) is 5.89. The Morgan fingerprint density at radius 3 is 3.04 bits per heavy atom.